The third kappa shape index (κ3) is 6.22. The lowest BCUT2D eigenvalue weighted by Gasteiger charge is -2.00. The fourth-order valence-corrected chi connectivity index (χ4v) is 1.62. The highest BCUT2D eigenvalue weighted by Crippen LogP contribution is 2.11. The van der Waals surface area contributed by atoms with Gasteiger partial charge in [-0.2, -0.15) is 0 Å². The standard InChI is InChI=1S/2C9H10O2/c2*1-2-11-9-5-3-8(7-10)4-6-9/h2*3-7H,2H2,1H3. The molecule has 4 nitrogen and oxygen atoms in total. The molecule has 0 aliphatic rings. The van der Waals surface area contributed by atoms with Crippen LogP contribution in [-0.4, -0.2) is 25.8 Å². The van der Waals surface area contributed by atoms with Crippen LogP contribution in [0.2, 0.25) is 0 Å². The molecule has 4 heteroatoms. The van der Waals surface area contributed by atoms with Crippen molar-refractivity contribution in [3.8, 4) is 11.5 Å². The first-order chi connectivity index (χ1) is 10.7. The van der Waals surface area contributed by atoms with E-state index in [2.05, 4.69) is 0 Å². The van der Waals surface area contributed by atoms with E-state index in [1.807, 2.05) is 13.8 Å². The van der Waals surface area contributed by atoms with Gasteiger partial charge in [-0.1, -0.05) is 0 Å². The predicted octanol–water partition coefficient (Wildman–Crippen LogP) is 3.80. The van der Waals surface area contributed by atoms with Gasteiger partial charge >= 0.3 is 0 Å². The number of hydrogen-bond donors (Lipinski definition) is 0. The molecule has 0 saturated heterocycles. The van der Waals surface area contributed by atoms with E-state index in [0.29, 0.717) is 24.3 Å². The van der Waals surface area contributed by atoms with Gasteiger partial charge in [-0.3, -0.25) is 9.59 Å². The summed E-state index contributed by atoms with van der Waals surface area (Å²) in [5.74, 6) is 1.61. The first-order valence-corrected chi connectivity index (χ1v) is 7.09. The summed E-state index contributed by atoms with van der Waals surface area (Å²) in [6, 6.07) is 14.1. The largest absolute Gasteiger partial charge is 0.494 e. The summed E-state index contributed by atoms with van der Waals surface area (Å²) >= 11 is 0. The molecule has 0 radical (unpaired) electrons. The SMILES string of the molecule is CCOc1ccc(C=O)cc1.CCOc1ccc(C=O)cc1. The van der Waals surface area contributed by atoms with Gasteiger partial charge in [0, 0.05) is 11.1 Å². The zero-order valence-electron chi connectivity index (χ0n) is 12.8. The number of aldehydes is 2. The smallest absolute Gasteiger partial charge is 0.150 e. The maximum Gasteiger partial charge on any atom is 0.150 e. The van der Waals surface area contributed by atoms with Crippen LogP contribution in [0, 0.1) is 0 Å². The molecule has 2 aromatic carbocycles. The Bertz CT molecular complexity index is 505. The summed E-state index contributed by atoms with van der Waals surface area (Å²) in [5.41, 5.74) is 1.35. The quantitative estimate of drug-likeness (QED) is 0.761. The molecule has 0 aliphatic heterocycles. The van der Waals surface area contributed by atoms with Crippen LogP contribution >= 0.6 is 0 Å². The zero-order valence-corrected chi connectivity index (χ0v) is 12.8. The minimum atomic E-state index is 0.653. The second-order valence-corrected chi connectivity index (χ2v) is 4.24. The molecule has 0 heterocycles. The van der Waals surface area contributed by atoms with E-state index in [0.717, 1.165) is 24.1 Å². The van der Waals surface area contributed by atoms with Gasteiger partial charge in [-0.15, -0.1) is 0 Å². The van der Waals surface area contributed by atoms with Gasteiger partial charge in [0.2, 0.25) is 0 Å². The molecular weight excluding hydrogens is 280 g/mol. The molecule has 0 amide bonds. The van der Waals surface area contributed by atoms with E-state index in [4.69, 9.17) is 9.47 Å². The number of benzene rings is 2. The fraction of sp³-hybridized carbons (Fsp3) is 0.222. The Morgan fingerprint density at radius 1 is 0.682 bits per heavy atom. The van der Waals surface area contributed by atoms with Crippen LogP contribution in [0.3, 0.4) is 0 Å². The van der Waals surface area contributed by atoms with Crippen molar-refractivity contribution in [2.75, 3.05) is 13.2 Å². The Labute approximate surface area is 130 Å². The molecule has 0 fully saturated rings. The Balaban J connectivity index is 0.000000220. The molecule has 22 heavy (non-hydrogen) atoms. The van der Waals surface area contributed by atoms with Crippen molar-refractivity contribution in [2.24, 2.45) is 0 Å². The van der Waals surface area contributed by atoms with Crippen molar-refractivity contribution >= 4 is 12.6 Å². The molecule has 0 bridgehead atoms. The second-order valence-electron chi connectivity index (χ2n) is 4.24. The monoisotopic (exact) mass is 300 g/mol. The van der Waals surface area contributed by atoms with E-state index in [9.17, 15) is 9.59 Å². The fourth-order valence-electron chi connectivity index (χ4n) is 1.62. The lowest BCUT2D eigenvalue weighted by Crippen LogP contribution is -1.90. The van der Waals surface area contributed by atoms with E-state index >= 15 is 0 Å². The Kier molecular flexibility index (Phi) is 8.05. The summed E-state index contributed by atoms with van der Waals surface area (Å²) in [4.78, 5) is 20.5. The van der Waals surface area contributed by atoms with Gasteiger partial charge in [0.25, 0.3) is 0 Å². The molecule has 0 aromatic heterocycles. The molecule has 0 aliphatic carbocycles. The van der Waals surface area contributed by atoms with E-state index in [-0.39, 0.29) is 0 Å². The van der Waals surface area contributed by atoms with Crippen LogP contribution in [0.4, 0.5) is 0 Å². The van der Waals surface area contributed by atoms with Crippen molar-refractivity contribution in [1.82, 2.24) is 0 Å². The number of ether oxygens (including phenoxy) is 2. The highest BCUT2D eigenvalue weighted by molar-refractivity contribution is 5.75. The highest BCUT2D eigenvalue weighted by Gasteiger charge is 1.92. The lowest BCUT2D eigenvalue weighted by molar-refractivity contribution is 0.111. The molecule has 2 aromatic rings. The topological polar surface area (TPSA) is 52.6 Å². The number of hydrogen-bond acceptors (Lipinski definition) is 4. The molecule has 0 N–H and O–H groups in total. The van der Waals surface area contributed by atoms with Crippen LogP contribution in [0.1, 0.15) is 34.6 Å². The maximum absolute atomic E-state index is 10.2. The van der Waals surface area contributed by atoms with Gasteiger partial charge < -0.3 is 9.47 Å². The summed E-state index contributed by atoms with van der Waals surface area (Å²) in [6.45, 7) is 5.15. The summed E-state index contributed by atoms with van der Waals surface area (Å²) in [5, 5.41) is 0. The first-order valence-electron chi connectivity index (χ1n) is 7.09. The van der Waals surface area contributed by atoms with Gasteiger partial charge in [-0.25, -0.2) is 0 Å². The van der Waals surface area contributed by atoms with Crippen LogP contribution in [0.25, 0.3) is 0 Å². The molecule has 2 rings (SSSR count). The lowest BCUT2D eigenvalue weighted by atomic mass is 10.2. The van der Waals surface area contributed by atoms with E-state index in [1.165, 1.54) is 0 Å². The van der Waals surface area contributed by atoms with Crippen LogP contribution in [0.5, 0.6) is 11.5 Å². The number of rotatable bonds is 6. The van der Waals surface area contributed by atoms with Gasteiger partial charge in [0.1, 0.15) is 24.1 Å². The summed E-state index contributed by atoms with van der Waals surface area (Å²) in [6.07, 6.45) is 1.63. The van der Waals surface area contributed by atoms with E-state index in [1.54, 1.807) is 48.5 Å². The Morgan fingerprint density at radius 3 is 1.23 bits per heavy atom. The molecule has 116 valence electrons. The minimum Gasteiger partial charge on any atom is -0.494 e. The van der Waals surface area contributed by atoms with Crippen LogP contribution in [0.15, 0.2) is 48.5 Å². The molecule has 0 spiro atoms. The average Bonchev–Trinajstić information content (AvgIpc) is 2.57. The number of carbonyl (C=O) groups excluding carboxylic acids is 2. The van der Waals surface area contributed by atoms with Crippen molar-refractivity contribution in [2.45, 2.75) is 13.8 Å². The van der Waals surface area contributed by atoms with Crippen LogP contribution in [-0.2, 0) is 0 Å². The van der Waals surface area contributed by atoms with Gasteiger partial charge in [0.15, 0.2) is 0 Å². The predicted molar refractivity (Wildman–Crippen MR) is 86.0 cm³/mol. The summed E-state index contributed by atoms with van der Waals surface area (Å²) in [7, 11) is 0. The summed E-state index contributed by atoms with van der Waals surface area (Å²) < 4.78 is 10.4. The van der Waals surface area contributed by atoms with Gasteiger partial charge in [-0.05, 0) is 62.4 Å². The van der Waals surface area contributed by atoms with Crippen molar-refractivity contribution in [3.05, 3.63) is 59.7 Å². The zero-order chi connectivity index (χ0) is 16.2. The maximum atomic E-state index is 10.2. The average molecular weight is 300 g/mol. The molecule has 0 saturated carbocycles. The third-order valence-electron chi connectivity index (χ3n) is 2.65. The van der Waals surface area contributed by atoms with Crippen LogP contribution < -0.4 is 9.47 Å². The Morgan fingerprint density at radius 2 is 1.00 bits per heavy atom. The Hall–Kier alpha value is -2.62. The second kappa shape index (κ2) is 10.2. The van der Waals surface area contributed by atoms with Gasteiger partial charge in [0.05, 0.1) is 13.2 Å². The number of carbonyl (C=O) groups is 2. The van der Waals surface area contributed by atoms with Crippen molar-refractivity contribution in [1.29, 1.82) is 0 Å². The molecule has 0 unspecified atom stereocenters. The molecular formula is C18H20O4. The normalized spacial score (nSPS) is 9.18. The van der Waals surface area contributed by atoms with Crippen molar-refractivity contribution in [3.63, 3.8) is 0 Å². The highest BCUT2D eigenvalue weighted by atomic mass is 16.5. The van der Waals surface area contributed by atoms with E-state index < -0.39 is 0 Å². The minimum absolute atomic E-state index is 0.653. The first kappa shape index (κ1) is 17.4. The van der Waals surface area contributed by atoms with Crippen molar-refractivity contribution < 1.29 is 19.1 Å². The third-order valence-corrected chi connectivity index (χ3v) is 2.65. The molecule has 0 atom stereocenters.